The highest BCUT2D eigenvalue weighted by molar-refractivity contribution is 5.83. The first-order chi connectivity index (χ1) is 9.75. The van der Waals surface area contributed by atoms with E-state index in [1.54, 1.807) is 0 Å². The predicted molar refractivity (Wildman–Crippen MR) is 68.5 cm³/mol. The second kappa shape index (κ2) is 5.40. The van der Waals surface area contributed by atoms with Gasteiger partial charge in [-0.1, -0.05) is 0 Å². The number of carboxylic acids is 2. The molecule has 114 valence electrons. The topological polar surface area (TPSA) is 101 Å². The molecule has 0 spiro atoms. The van der Waals surface area contributed by atoms with Crippen LogP contribution in [-0.2, 0) is 16.0 Å². The van der Waals surface area contributed by atoms with Crippen LogP contribution < -0.4 is 5.73 Å². The van der Waals surface area contributed by atoms with Crippen molar-refractivity contribution >= 4 is 11.9 Å². The van der Waals surface area contributed by atoms with Gasteiger partial charge in [0.15, 0.2) is 0 Å². The third kappa shape index (κ3) is 3.02. The normalized spacial score (nSPS) is 23.4. The smallest absolute Gasteiger partial charge is 0.324 e. The fraction of sp³-hybridized carbons (Fsp3) is 0.429. The second-order valence-electron chi connectivity index (χ2n) is 5.37. The third-order valence-electron chi connectivity index (χ3n) is 3.98. The fourth-order valence-electron chi connectivity index (χ4n) is 2.56. The molecule has 7 heteroatoms. The molecular weight excluding hydrogens is 284 g/mol. The highest BCUT2D eigenvalue weighted by Crippen LogP contribution is 2.47. The quantitative estimate of drug-likeness (QED) is 0.737. The van der Waals surface area contributed by atoms with Crippen LogP contribution in [0.15, 0.2) is 18.2 Å². The van der Waals surface area contributed by atoms with Crippen molar-refractivity contribution in [2.24, 2.45) is 17.6 Å². The van der Waals surface area contributed by atoms with E-state index in [0.717, 1.165) is 18.2 Å². The van der Waals surface area contributed by atoms with Gasteiger partial charge in [-0.3, -0.25) is 9.59 Å². The van der Waals surface area contributed by atoms with E-state index in [9.17, 15) is 23.5 Å². The Morgan fingerprint density at radius 1 is 1.33 bits per heavy atom. The van der Waals surface area contributed by atoms with E-state index >= 15 is 0 Å². The number of benzene rings is 1. The summed E-state index contributed by atoms with van der Waals surface area (Å²) in [7, 11) is 0. The number of aryl methyl sites for hydroxylation is 1. The van der Waals surface area contributed by atoms with E-state index < -0.39 is 40.9 Å². The van der Waals surface area contributed by atoms with Gasteiger partial charge in [0.1, 0.15) is 17.2 Å². The van der Waals surface area contributed by atoms with Crippen molar-refractivity contribution in [1.82, 2.24) is 0 Å². The minimum Gasteiger partial charge on any atom is -0.481 e. The molecule has 1 aliphatic carbocycles. The predicted octanol–water partition coefficient (Wildman–Crippen LogP) is 1.40. The van der Waals surface area contributed by atoms with Crippen LogP contribution in [0.25, 0.3) is 0 Å². The maximum atomic E-state index is 13.5. The molecule has 4 N–H and O–H groups in total. The Bertz CT molecular complexity index is 592. The summed E-state index contributed by atoms with van der Waals surface area (Å²) in [5.74, 6) is -5.16. The summed E-state index contributed by atoms with van der Waals surface area (Å²) >= 11 is 0. The van der Waals surface area contributed by atoms with Gasteiger partial charge in [-0.05, 0) is 43.0 Å². The Morgan fingerprint density at radius 3 is 2.52 bits per heavy atom. The summed E-state index contributed by atoms with van der Waals surface area (Å²) in [6, 6.07) is 2.91. The number of nitrogens with two attached hydrogens (primary N) is 1. The van der Waals surface area contributed by atoms with Gasteiger partial charge in [-0.25, -0.2) is 8.78 Å². The van der Waals surface area contributed by atoms with E-state index in [2.05, 4.69) is 0 Å². The Hall–Kier alpha value is -2.02. The fourth-order valence-corrected chi connectivity index (χ4v) is 2.56. The Balaban J connectivity index is 2.13. The summed E-state index contributed by atoms with van der Waals surface area (Å²) in [6.45, 7) is 0. The van der Waals surface area contributed by atoms with Gasteiger partial charge < -0.3 is 15.9 Å². The van der Waals surface area contributed by atoms with Crippen LogP contribution in [0.3, 0.4) is 0 Å². The molecule has 21 heavy (non-hydrogen) atoms. The number of hydrogen-bond donors (Lipinski definition) is 3. The van der Waals surface area contributed by atoms with Gasteiger partial charge in [-0.2, -0.15) is 0 Å². The van der Waals surface area contributed by atoms with Gasteiger partial charge >= 0.3 is 11.9 Å². The van der Waals surface area contributed by atoms with Crippen molar-refractivity contribution in [3.8, 4) is 0 Å². The summed E-state index contributed by atoms with van der Waals surface area (Å²) in [5, 5.41) is 18.1. The lowest BCUT2D eigenvalue weighted by Gasteiger charge is -2.25. The number of carboxylic acid groups (broad SMARTS) is 2. The van der Waals surface area contributed by atoms with E-state index in [-0.39, 0.29) is 24.8 Å². The molecule has 0 aliphatic heterocycles. The third-order valence-corrected chi connectivity index (χ3v) is 3.98. The molecule has 5 nitrogen and oxygen atoms in total. The van der Waals surface area contributed by atoms with E-state index in [1.165, 1.54) is 0 Å². The van der Waals surface area contributed by atoms with Gasteiger partial charge in [0, 0.05) is 5.92 Å². The second-order valence-corrected chi connectivity index (χ2v) is 5.37. The molecule has 1 aromatic rings. The molecule has 3 atom stereocenters. The Morgan fingerprint density at radius 2 is 2.00 bits per heavy atom. The highest BCUT2D eigenvalue weighted by Gasteiger charge is 2.58. The molecular formula is C14H15F2NO4. The number of aliphatic carboxylic acids is 2. The average molecular weight is 299 g/mol. The lowest BCUT2D eigenvalue weighted by atomic mass is 9.86. The number of carbonyl (C=O) groups is 2. The van der Waals surface area contributed by atoms with Gasteiger partial charge in [0.05, 0.1) is 5.92 Å². The molecule has 0 aromatic heterocycles. The summed E-state index contributed by atoms with van der Waals surface area (Å²) in [5.41, 5.74) is 4.11. The van der Waals surface area contributed by atoms with E-state index in [1.807, 2.05) is 0 Å². The SMILES string of the molecule is NC(CCc1cc(F)ccc1F)(C(=O)O)[C@H]1C[C@@H]1C(=O)O. The van der Waals surface area contributed by atoms with Crippen molar-refractivity contribution in [2.75, 3.05) is 0 Å². The average Bonchev–Trinajstić information content (AvgIpc) is 3.20. The van der Waals surface area contributed by atoms with Crippen LogP contribution in [0.2, 0.25) is 0 Å². The van der Waals surface area contributed by atoms with Crippen LogP contribution in [0.5, 0.6) is 0 Å². The maximum Gasteiger partial charge on any atom is 0.324 e. The first kappa shape index (κ1) is 15.4. The van der Waals surface area contributed by atoms with Gasteiger partial charge in [-0.15, -0.1) is 0 Å². The molecule has 0 bridgehead atoms. The minimum atomic E-state index is -1.75. The molecule has 1 aromatic carbocycles. The summed E-state index contributed by atoms with van der Waals surface area (Å²) in [4.78, 5) is 22.2. The van der Waals surface area contributed by atoms with Crippen molar-refractivity contribution in [3.05, 3.63) is 35.4 Å². The van der Waals surface area contributed by atoms with E-state index in [0.29, 0.717) is 0 Å². The Kier molecular flexibility index (Phi) is 3.95. The minimum absolute atomic E-state index is 0.0265. The molecule has 1 fully saturated rings. The highest BCUT2D eigenvalue weighted by atomic mass is 19.1. The summed E-state index contributed by atoms with van der Waals surface area (Å²) < 4.78 is 26.6. The lowest BCUT2D eigenvalue weighted by molar-refractivity contribution is -0.145. The molecule has 0 saturated heterocycles. The summed E-state index contributed by atoms with van der Waals surface area (Å²) in [6.07, 6.45) is -0.0455. The molecule has 0 heterocycles. The zero-order valence-electron chi connectivity index (χ0n) is 11.1. The lowest BCUT2D eigenvalue weighted by Crippen LogP contribution is -2.51. The monoisotopic (exact) mass is 299 g/mol. The molecule has 1 saturated carbocycles. The molecule has 0 radical (unpaired) electrons. The molecule has 1 unspecified atom stereocenters. The van der Waals surface area contributed by atoms with Crippen molar-refractivity contribution in [2.45, 2.75) is 24.8 Å². The Labute approximate surface area is 119 Å². The number of halogens is 2. The number of hydrogen-bond acceptors (Lipinski definition) is 3. The van der Waals surface area contributed by atoms with Gasteiger partial charge in [0.25, 0.3) is 0 Å². The first-order valence-corrected chi connectivity index (χ1v) is 6.44. The van der Waals surface area contributed by atoms with Crippen LogP contribution in [0, 0.1) is 23.5 Å². The number of rotatable bonds is 6. The van der Waals surface area contributed by atoms with E-state index in [4.69, 9.17) is 10.8 Å². The molecule has 0 amide bonds. The maximum absolute atomic E-state index is 13.5. The van der Waals surface area contributed by atoms with Crippen LogP contribution in [0.4, 0.5) is 8.78 Å². The molecule has 1 aliphatic rings. The van der Waals surface area contributed by atoms with Gasteiger partial charge in [0.2, 0.25) is 0 Å². The van der Waals surface area contributed by atoms with Crippen LogP contribution >= 0.6 is 0 Å². The zero-order valence-corrected chi connectivity index (χ0v) is 11.1. The zero-order chi connectivity index (χ0) is 15.8. The van der Waals surface area contributed by atoms with Crippen LogP contribution in [0.1, 0.15) is 18.4 Å². The first-order valence-electron chi connectivity index (χ1n) is 6.44. The van der Waals surface area contributed by atoms with Crippen molar-refractivity contribution < 1.29 is 28.6 Å². The van der Waals surface area contributed by atoms with Crippen LogP contribution in [-0.4, -0.2) is 27.7 Å². The van der Waals surface area contributed by atoms with Crippen molar-refractivity contribution in [3.63, 3.8) is 0 Å². The van der Waals surface area contributed by atoms with Crippen molar-refractivity contribution in [1.29, 1.82) is 0 Å². The largest absolute Gasteiger partial charge is 0.481 e. The molecule has 2 rings (SSSR count). The standard InChI is InChI=1S/C14H15F2NO4/c15-8-1-2-11(16)7(5-8)3-4-14(17,13(20)21)10-6-9(10)12(18)19/h1-2,5,9-10H,3-4,6,17H2,(H,18,19)(H,20,21)/t9-,10-,14?/m0/s1.